The van der Waals surface area contributed by atoms with Gasteiger partial charge >= 0.3 is 5.97 Å². The van der Waals surface area contributed by atoms with Gasteiger partial charge in [-0.3, -0.25) is 19.4 Å². The number of rotatable bonds is 11. The quantitative estimate of drug-likeness (QED) is 0.264. The maximum atomic E-state index is 13.0. The van der Waals surface area contributed by atoms with Gasteiger partial charge in [0.15, 0.2) is 5.96 Å². The smallest absolute Gasteiger partial charge is 0.304 e. The summed E-state index contributed by atoms with van der Waals surface area (Å²) < 4.78 is 0. The second-order valence-corrected chi connectivity index (χ2v) is 10.4. The molecular weight excluding hydrogens is 482 g/mol. The molecule has 4 rings (SSSR count). The third kappa shape index (κ3) is 7.12. The van der Waals surface area contributed by atoms with Crippen LogP contribution in [0.1, 0.15) is 52.7 Å². The molecule has 3 atom stereocenters. The molecule has 6 N–H and O–H groups in total. The van der Waals surface area contributed by atoms with Gasteiger partial charge in [0.05, 0.1) is 12.3 Å². The molecule has 0 spiro atoms. The number of nitrogens with zero attached hydrogens (tertiary/aromatic N) is 2. The SMILES string of the molecule is NC(N)=NCC1CCc2cc(C(=O)NC[C@@H]3C[C@@H](CC(=O)O)C(=O)N3CCCc3ccccc3)ccc2C1. The first-order valence-electron chi connectivity index (χ1n) is 13.3. The number of benzene rings is 2. The average molecular weight is 520 g/mol. The number of carbonyl (C=O) groups excluding carboxylic acids is 2. The second kappa shape index (κ2) is 12.6. The maximum absolute atomic E-state index is 13.0. The molecule has 1 aliphatic heterocycles. The van der Waals surface area contributed by atoms with Crippen molar-refractivity contribution in [2.75, 3.05) is 19.6 Å². The van der Waals surface area contributed by atoms with Crippen LogP contribution >= 0.6 is 0 Å². The van der Waals surface area contributed by atoms with Crippen molar-refractivity contribution in [1.29, 1.82) is 0 Å². The number of nitrogens with two attached hydrogens (primary N) is 2. The van der Waals surface area contributed by atoms with E-state index in [0.717, 1.165) is 32.1 Å². The fourth-order valence-electron chi connectivity index (χ4n) is 5.61. The number of fused-ring (bicyclic) bond motifs is 1. The van der Waals surface area contributed by atoms with Gasteiger partial charge in [-0.05, 0) is 73.3 Å². The Hall–Kier alpha value is -3.88. The van der Waals surface area contributed by atoms with Gasteiger partial charge in [0.1, 0.15) is 0 Å². The molecule has 0 bridgehead atoms. The Bertz CT molecular complexity index is 1180. The van der Waals surface area contributed by atoms with E-state index in [1.807, 2.05) is 36.4 Å². The Morgan fingerprint density at radius 3 is 2.63 bits per heavy atom. The molecule has 0 radical (unpaired) electrons. The van der Waals surface area contributed by atoms with Crippen molar-refractivity contribution in [2.24, 2.45) is 28.3 Å². The zero-order valence-corrected chi connectivity index (χ0v) is 21.6. The fourth-order valence-corrected chi connectivity index (χ4v) is 5.61. The van der Waals surface area contributed by atoms with Crippen LogP contribution in [0.25, 0.3) is 0 Å². The number of nitrogens with one attached hydrogen (secondary N) is 1. The first kappa shape index (κ1) is 27.2. The summed E-state index contributed by atoms with van der Waals surface area (Å²) in [7, 11) is 0. The lowest BCUT2D eigenvalue weighted by Gasteiger charge is -2.26. The van der Waals surface area contributed by atoms with Crippen molar-refractivity contribution in [3.63, 3.8) is 0 Å². The molecular formula is C29H37N5O4. The maximum Gasteiger partial charge on any atom is 0.304 e. The van der Waals surface area contributed by atoms with Crippen molar-refractivity contribution >= 4 is 23.7 Å². The Labute approximate surface area is 223 Å². The van der Waals surface area contributed by atoms with Gasteiger partial charge in [-0.2, -0.15) is 0 Å². The molecule has 1 aliphatic carbocycles. The molecule has 9 nitrogen and oxygen atoms in total. The van der Waals surface area contributed by atoms with Crippen LogP contribution in [0.3, 0.4) is 0 Å². The minimum absolute atomic E-state index is 0.107. The highest BCUT2D eigenvalue weighted by Crippen LogP contribution is 2.29. The average Bonchev–Trinajstić information content (AvgIpc) is 3.19. The predicted octanol–water partition coefficient (Wildman–Crippen LogP) is 2.12. The largest absolute Gasteiger partial charge is 0.481 e. The molecule has 0 saturated carbocycles. The Kier molecular flexibility index (Phi) is 8.99. The molecule has 1 heterocycles. The Morgan fingerprint density at radius 2 is 1.89 bits per heavy atom. The van der Waals surface area contributed by atoms with Gasteiger partial charge < -0.3 is 26.8 Å². The lowest BCUT2D eigenvalue weighted by Crippen LogP contribution is -2.42. The number of hydrogen-bond donors (Lipinski definition) is 4. The molecule has 202 valence electrons. The number of aliphatic imine (C=N–C) groups is 1. The minimum Gasteiger partial charge on any atom is -0.481 e. The molecule has 2 amide bonds. The topological polar surface area (TPSA) is 151 Å². The Balaban J connectivity index is 1.35. The molecule has 9 heteroatoms. The van der Waals surface area contributed by atoms with E-state index in [0.29, 0.717) is 37.5 Å². The van der Waals surface area contributed by atoms with E-state index in [1.165, 1.54) is 16.7 Å². The zero-order valence-electron chi connectivity index (χ0n) is 21.6. The summed E-state index contributed by atoms with van der Waals surface area (Å²) in [5.74, 6) is -1.36. The van der Waals surface area contributed by atoms with Crippen LogP contribution in [0.5, 0.6) is 0 Å². The summed E-state index contributed by atoms with van der Waals surface area (Å²) in [6, 6.07) is 15.6. The number of carboxylic acids is 1. The van der Waals surface area contributed by atoms with E-state index in [2.05, 4.69) is 22.4 Å². The number of aliphatic carboxylic acids is 1. The number of likely N-dealkylation sites (tertiary alicyclic amines) is 1. The van der Waals surface area contributed by atoms with Crippen molar-refractivity contribution in [1.82, 2.24) is 10.2 Å². The highest BCUT2D eigenvalue weighted by molar-refractivity contribution is 5.94. The summed E-state index contributed by atoms with van der Waals surface area (Å²) in [4.78, 5) is 43.2. The molecule has 2 aromatic carbocycles. The van der Waals surface area contributed by atoms with Crippen LogP contribution in [0.2, 0.25) is 0 Å². The van der Waals surface area contributed by atoms with Gasteiger partial charge in [0.25, 0.3) is 5.91 Å². The Morgan fingerprint density at radius 1 is 1.11 bits per heavy atom. The summed E-state index contributed by atoms with van der Waals surface area (Å²) >= 11 is 0. The van der Waals surface area contributed by atoms with Gasteiger partial charge in [0, 0.05) is 31.2 Å². The summed E-state index contributed by atoms with van der Waals surface area (Å²) in [6.45, 7) is 1.43. The number of carbonyl (C=O) groups is 3. The standard InChI is InChI=1S/C29H37N5O4/c30-29(31)33-17-20-8-9-22-14-23(11-10-21(22)13-20)27(37)32-18-25-15-24(16-26(35)36)28(38)34(25)12-4-7-19-5-2-1-3-6-19/h1-3,5-6,10-11,14,20,24-25H,4,7-9,12-13,15-18H2,(H,32,37)(H,35,36)(H4,30,31,33)/t20?,24-,25-/m0/s1. The molecule has 1 fully saturated rings. The van der Waals surface area contributed by atoms with Crippen LogP contribution in [-0.4, -0.2) is 59.4 Å². The van der Waals surface area contributed by atoms with E-state index in [1.54, 1.807) is 4.90 Å². The third-order valence-corrected chi connectivity index (χ3v) is 7.59. The van der Waals surface area contributed by atoms with Gasteiger partial charge in [-0.15, -0.1) is 0 Å². The number of aryl methyl sites for hydroxylation is 2. The summed E-state index contributed by atoms with van der Waals surface area (Å²) in [5, 5.41) is 12.3. The summed E-state index contributed by atoms with van der Waals surface area (Å²) in [5.41, 5.74) is 15.1. The number of guanidine groups is 1. The first-order chi connectivity index (χ1) is 18.3. The molecule has 1 unspecified atom stereocenters. The lowest BCUT2D eigenvalue weighted by molar-refractivity contribution is -0.142. The number of amides is 2. The van der Waals surface area contributed by atoms with Crippen LogP contribution in [0.4, 0.5) is 0 Å². The lowest BCUT2D eigenvalue weighted by atomic mass is 9.83. The molecule has 1 saturated heterocycles. The van der Waals surface area contributed by atoms with Gasteiger partial charge in [-0.1, -0.05) is 36.4 Å². The van der Waals surface area contributed by atoms with E-state index >= 15 is 0 Å². The highest BCUT2D eigenvalue weighted by Gasteiger charge is 2.40. The molecule has 2 aromatic rings. The summed E-state index contributed by atoms with van der Waals surface area (Å²) in [6.07, 6.45) is 4.54. The predicted molar refractivity (Wildman–Crippen MR) is 146 cm³/mol. The van der Waals surface area contributed by atoms with Crippen LogP contribution in [0, 0.1) is 11.8 Å². The number of hydrogen-bond acceptors (Lipinski definition) is 4. The number of carboxylic acid groups (broad SMARTS) is 1. The van der Waals surface area contributed by atoms with Crippen LogP contribution < -0.4 is 16.8 Å². The molecule has 38 heavy (non-hydrogen) atoms. The van der Waals surface area contributed by atoms with Crippen molar-refractivity contribution in [2.45, 2.75) is 51.0 Å². The van der Waals surface area contributed by atoms with Crippen molar-refractivity contribution in [3.05, 3.63) is 70.8 Å². The van der Waals surface area contributed by atoms with Gasteiger partial charge in [-0.25, -0.2) is 0 Å². The molecule has 2 aliphatic rings. The highest BCUT2D eigenvalue weighted by atomic mass is 16.4. The minimum atomic E-state index is -0.980. The van der Waals surface area contributed by atoms with Gasteiger partial charge in [0.2, 0.25) is 5.91 Å². The van der Waals surface area contributed by atoms with E-state index in [4.69, 9.17) is 11.5 Å². The van der Waals surface area contributed by atoms with E-state index in [-0.39, 0.29) is 30.2 Å². The fraction of sp³-hybridized carbons (Fsp3) is 0.448. The monoisotopic (exact) mass is 519 g/mol. The second-order valence-electron chi connectivity index (χ2n) is 10.4. The van der Waals surface area contributed by atoms with Crippen molar-refractivity contribution < 1.29 is 19.5 Å². The van der Waals surface area contributed by atoms with E-state index in [9.17, 15) is 19.5 Å². The zero-order chi connectivity index (χ0) is 27.1. The van der Waals surface area contributed by atoms with E-state index < -0.39 is 11.9 Å². The third-order valence-electron chi connectivity index (χ3n) is 7.59. The molecule has 0 aromatic heterocycles. The first-order valence-corrected chi connectivity index (χ1v) is 13.3. The van der Waals surface area contributed by atoms with Crippen molar-refractivity contribution in [3.8, 4) is 0 Å². The normalized spacial score (nSPS) is 20.6. The van der Waals surface area contributed by atoms with Crippen LogP contribution in [-0.2, 0) is 28.9 Å². The van der Waals surface area contributed by atoms with Crippen LogP contribution in [0.15, 0.2) is 53.5 Å².